The molecule has 0 amide bonds. The van der Waals surface area contributed by atoms with Crippen LogP contribution in [-0.4, -0.2) is 46.6 Å². The molecule has 8 heteroatoms. The average Bonchev–Trinajstić information content (AvgIpc) is 2.79. The molecule has 158 valence electrons. The summed E-state index contributed by atoms with van der Waals surface area (Å²) in [5.41, 5.74) is 2.65. The van der Waals surface area contributed by atoms with Crippen molar-refractivity contribution in [1.82, 2.24) is 14.5 Å². The second-order valence-electron chi connectivity index (χ2n) is 7.75. The SMILES string of the molecule is Cc1cc(=O)n2c(n1)NC(N1CCN(c3cccc(Cl)c3)CC1)=NC2c1ccccc1. The summed E-state index contributed by atoms with van der Waals surface area (Å²) in [4.78, 5) is 26.8. The van der Waals surface area contributed by atoms with E-state index in [2.05, 4.69) is 26.2 Å². The number of aliphatic imine (C=N–C) groups is 1. The number of fused-ring (bicyclic) bond motifs is 1. The van der Waals surface area contributed by atoms with Crippen LogP contribution in [0.15, 0.2) is 70.5 Å². The molecule has 0 radical (unpaired) electrons. The van der Waals surface area contributed by atoms with Gasteiger partial charge in [0.15, 0.2) is 6.17 Å². The van der Waals surface area contributed by atoms with E-state index in [9.17, 15) is 4.79 Å². The van der Waals surface area contributed by atoms with Crippen molar-refractivity contribution in [3.05, 3.63) is 87.3 Å². The van der Waals surface area contributed by atoms with E-state index in [0.29, 0.717) is 11.6 Å². The van der Waals surface area contributed by atoms with E-state index in [-0.39, 0.29) is 5.56 Å². The number of halogens is 1. The molecule has 0 bridgehead atoms. The fourth-order valence-electron chi connectivity index (χ4n) is 4.09. The van der Waals surface area contributed by atoms with Gasteiger partial charge < -0.3 is 9.80 Å². The van der Waals surface area contributed by atoms with Crippen molar-refractivity contribution in [3.63, 3.8) is 0 Å². The number of hydrogen-bond donors (Lipinski definition) is 1. The van der Waals surface area contributed by atoms with E-state index in [4.69, 9.17) is 16.6 Å². The van der Waals surface area contributed by atoms with E-state index in [1.807, 2.05) is 55.5 Å². The maximum Gasteiger partial charge on any atom is 0.257 e. The van der Waals surface area contributed by atoms with Crippen LogP contribution in [0, 0.1) is 6.92 Å². The van der Waals surface area contributed by atoms with E-state index in [1.165, 1.54) is 0 Å². The van der Waals surface area contributed by atoms with Crippen molar-refractivity contribution in [1.29, 1.82) is 0 Å². The molecule has 1 fully saturated rings. The van der Waals surface area contributed by atoms with Crippen LogP contribution in [0.25, 0.3) is 0 Å². The van der Waals surface area contributed by atoms with Gasteiger partial charge in [0.1, 0.15) is 0 Å². The van der Waals surface area contributed by atoms with Crippen molar-refractivity contribution >= 4 is 29.2 Å². The summed E-state index contributed by atoms with van der Waals surface area (Å²) >= 11 is 6.16. The lowest BCUT2D eigenvalue weighted by Crippen LogP contribution is -2.52. The van der Waals surface area contributed by atoms with Gasteiger partial charge in [0.05, 0.1) is 0 Å². The Labute approximate surface area is 185 Å². The number of aromatic nitrogens is 2. The predicted octanol–water partition coefficient (Wildman–Crippen LogP) is 3.36. The highest BCUT2D eigenvalue weighted by molar-refractivity contribution is 6.30. The van der Waals surface area contributed by atoms with Crippen molar-refractivity contribution in [3.8, 4) is 0 Å². The van der Waals surface area contributed by atoms with Crippen molar-refractivity contribution in [2.75, 3.05) is 36.4 Å². The molecule has 1 saturated heterocycles. The Morgan fingerprint density at radius 1 is 0.968 bits per heavy atom. The second-order valence-corrected chi connectivity index (χ2v) is 8.18. The van der Waals surface area contributed by atoms with E-state index in [1.54, 1.807) is 10.6 Å². The Hall–Kier alpha value is -3.32. The van der Waals surface area contributed by atoms with Gasteiger partial charge in [0.25, 0.3) is 5.56 Å². The molecule has 2 aliphatic heterocycles. The zero-order valence-corrected chi connectivity index (χ0v) is 18.0. The summed E-state index contributed by atoms with van der Waals surface area (Å²) in [7, 11) is 0. The molecular formula is C23H23ClN6O. The summed E-state index contributed by atoms with van der Waals surface area (Å²) in [5.74, 6) is 1.28. The molecule has 2 aromatic carbocycles. The molecule has 7 nitrogen and oxygen atoms in total. The van der Waals surface area contributed by atoms with Crippen LogP contribution in [-0.2, 0) is 0 Å². The molecule has 3 heterocycles. The van der Waals surface area contributed by atoms with E-state index >= 15 is 0 Å². The zero-order chi connectivity index (χ0) is 21.4. The Morgan fingerprint density at radius 3 is 2.45 bits per heavy atom. The first-order valence-electron chi connectivity index (χ1n) is 10.3. The minimum absolute atomic E-state index is 0.113. The van der Waals surface area contributed by atoms with Crippen LogP contribution in [0.3, 0.4) is 0 Å². The van der Waals surface area contributed by atoms with Gasteiger partial charge in [-0.15, -0.1) is 0 Å². The van der Waals surface area contributed by atoms with Crippen molar-refractivity contribution in [2.24, 2.45) is 4.99 Å². The average molecular weight is 435 g/mol. The zero-order valence-electron chi connectivity index (χ0n) is 17.2. The minimum Gasteiger partial charge on any atom is -0.368 e. The molecule has 1 atom stereocenters. The lowest BCUT2D eigenvalue weighted by atomic mass is 10.1. The van der Waals surface area contributed by atoms with Gasteiger partial charge in [-0.25, -0.2) is 9.98 Å². The standard InChI is InChI=1S/C23H23ClN6O/c1-16-14-20(31)30-21(17-6-3-2-4-7-17)26-22(27-23(30)25-16)29-12-10-28(11-13-29)19-9-5-8-18(24)15-19/h2-9,14-15,21H,10-13H2,1H3,(H,25,26,27). The number of rotatable bonds is 2. The van der Waals surface area contributed by atoms with Crippen LogP contribution in [0.2, 0.25) is 5.02 Å². The quantitative estimate of drug-likeness (QED) is 0.670. The number of piperazine rings is 1. The number of guanidine groups is 1. The van der Waals surface area contributed by atoms with Crippen molar-refractivity contribution in [2.45, 2.75) is 13.1 Å². The van der Waals surface area contributed by atoms with Gasteiger partial charge in [-0.05, 0) is 30.7 Å². The molecule has 1 aromatic heterocycles. The smallest absolute Gasteiger partial charge is 0.257 e. The normalized spacial score (nSPS) is 18.3. The number of nitrogens with one attached hydrogen (secondary N) is 1. The molecule has 0 spiro atoms. The van der Waals surface area contributed by atoms with Gasteiger partial charge in [-0.3, -0.25) is 14.7 Å². The van der Waals surface area contributed by atoms with Crippen LogP contribution >= 0.6 is 11.6 Å². The monoisotopic (exact) mass is 434 g/mol. The van der Waals surface area contributed by atoms with Gasteiger partial charge in [-0.2, -0.15) is 0 Å². The molecule has 1 N–H and O–H groups in total. The van der Waals surface area contributed by atoms with Crippen LogP contribution in [0.5, 0.6) is 0 Å². The van der Waals surface area contributed by atoms with Crippen LogP contribution in [0.1, 0.15) is 17.4 Å². The lowest BCUT2D eigenvalue weighted by molar-refractivity contribution is 0.376. The first kappa shape index (κ1) is 19.6. The van der Waals surface area contributed by atoms with Crippen molar-refractivity contribution < 1.29 is 0 Å². The Bertz CT molecular complexity index is 1180. The fourth-order valence-corrected chi connectivity index (χ4v) is 4.28. The highest BCUT2D eigenvalue weighted by atomic mass is 35.5. The topological polar surface area (TPSA) is 65.8 Å². The first-order valence-corrected chi connectivity index (χ1v) is 10.7. The number of aryl methyl sites for hydroxylation is 1. The van der Waals surface area contributed by atoms with Crippen LogP contribution < -0.4 is 15.8 Å². The highest BCUT2D eigenvalue weighted by Gasteiger charge is 2.29. The maximum atomic E-state index is 12.8. The van der Waals surface area contributed by atoms with Gasteiger partial charge >= 0.3 is 0 Å². The number of anilines is 2. The fraction of sp³-hybridized carbons (Fsp3) is 0.261. The number of nitrogens with zero attached hydrogens (tertiary/aromatic N) is 5. The Morgan fingerprint density at radius 2 is 1.71 bits per heavy atom. The molecule has 0 aliphatic carbocycles. The summed E-state index contributed by atoms with van der Waals surface area (Å²) in [6.07, 6.45) is -0.445. The molecule has 2 aliphatic rings. The largest absolute Gasteiger partial charge is 0.368 e. The predicted molar refractivity (Wildman–Crippen MR) is 124 cm³/mol. The van der Waals surface area contributed by atoms with Gasteiger partial charge in [0.2, 0.25) is 11.9 Å². The third-order valence-corrected chi connectivity index (χ3v) is 5.88. The molecule has 0 saturated carbocycles. The lowest BCUT2D eigenvalue weighted by Gasteiger charge is -2.39. The highest BCUT2D eigenvalue weighted by Crippen LogP contribution is 2.27. The van der Waals surface area contributed by atoms with Gasteiger partial charge in [0, 0.05) is 48.6 Å². The molecular weight excluding hydrogens is 412 g/mol. The summed E-state index contributed by atoms with van der Waals surface area (Å²) < 4.78 is 1.62. The Balaban J connectivity index is 1.43. The summed E-state index contributed by atoms with van der Waals surface area (Å²) in [6, 6.07) is 19.4. The summed E-state index contributed by atoms with van der Waals surface area (Å²) in [6.45, 7) is 5.14. The number of hydrogen-bond acceptors (Lipinski definition) is 6. The van der Waals surface area contributed by atoms with E-state index < -0.39 is 6.17 Å². The maximum absolute atomic E-state index is 12.8. The molecule has 31 heavy (non-hydrogen) atoms. The molecule has 1 unspecified atom stereocenters. The molecule has 5 rings (SSSR count). The minimum atomic E-state index is -0.445. The third-order valence-electron chi connectivity index (χ3n) is 5.64. The number of benzene rings is 2. The van der Waals surface area contributed by atoms with E-state index in [0.717, 1.165) is 48.4 Å². The summed E-state index contributed by atoms with van der Waals surface area (Å²) in [5, 5.41) is 4.04. The Kier molecular flexibility index (Phi) is 5.11. The first-order chi connectivity index (χ1) is 15.1. The second kappa shape index (κ2) is 8.07. The van der Waals surface area contributed by atoms with Crippen LogP contribution in [0.4, 0.5) is 11.6 Å². The van der Waals surface area contributed by atoms with Gasteiger partial charge in [-0.1, -0.05) is 48.0 Å². The molecule has 3 aromatic rings. The third kappa shape index (κ3) is 3.88.